The van der Waals surface area contributed by atoms with Crippen molar-refractivity contribution in [3.8, 4) is 0 Å². The number of rotatable bonds is 6. The number of carbonyl (C=O) groups is 1. The van der Waals surface area contributed by atoms with E-state index in [0.29, 0.717) is 0 Å². The van der Waals surface area contributed by atoms with Crippen LogP contribution in [0.25, 0.3) is 0 Å². The summed E-state index contributed by atoms with van der Waals surface area (Å²) >= 11 is -1.29. The summed E-state index contributed by atoms with van der Waals surface area (Å²) in [5.74, 6) is 0.161. The first-order chi connectivity index (χ1) is 6.56. The second-order valence-electron chi connectivity index (χ2n) is 3.65. The van der Waals surface area contributed by atoms with Crippen molar-refractivity contribution in [3.05, 3.63) is 11.8 Å². The zero-order valence-corrected chi connectivity index (χ0v) is 12.6. The van der Waals surface area contributed by atoms with Crippen molar-refractivity contribution in [3.63, 3.8) is 0 Å². The van der Waals surface area contributed by atoms with E-state index in [1.165, 1.54) is 15.6 Å². The third-order valence-electron chi connectivity index (χ3n) is 2.59. The quantitative estimate of drug-likeness (QED) is 0.536. The molecule has 0 radical (unpaired) electrons. The van der Waals surface area contributed by atoms with Crippen LogP contribution in [0.3, 0.4) is 0 Å². The van der Waals surface area contributed by atoms with Crippen molar-refractivity contribution in [2.45, 2.75) is 44.6 Å². The summed E-state index contributed by atoms with van der Waals surface area (Å²) in [5, 5.41) is 0. The zero-order chi connectivity index (χ0) is 11.1. The number of carbonyl (C=O) groups excluding carboxylic acids is 1. The van der Waals surface area contributed by atoms with Crippen LogP contribution >= 0.6 is 0 Å². The molecule has 0 aliphatic rings. The molecular weight excluding hydrogens is 232 g/mol. The van der Waals surface area contributed by atoms with Gasteiger partial charge in [0.1, 0.15) is 0 Å². The minimum atomic E-state index is -1.29. The Morgan fingerprint density at radius 2 is 1.71 bits per heavy atom. The molecule has 0 aliphatic carbocycles. The van der Waals surface area contributed by atoms with Crippen LogP contribution in [0, 0.1) is 0 Å². The molecule has 0 aromatic carbocycles. The van der Waals surface area contributed by atoms with Crippen LogP contribution in [0.4, 0.5) is 0 Å². The van der Waals surface area contributed by atoms with Gasteiger partial charge in [0, 0.05) is 0 Å². The topological polar surface area (TPSA) is 20.3 Å². The second-order valence-corrected chi connectivity index (χ2v) is 11.1. The van der Waals surface area contributed by atoms with Crippen molar-refractivity contribution in [2.24, 2.45) is 0 Å². The average Bonchev–Trinajstić information content (AvgIpc) is 2.12. The first-order valence-corrected chi connectivity index (χ1v) is 10.0. The van der Waals surface area contributed by atoms with Gasteiger partial charge in [-0.3, -0.25) is 0 Å². The Balaban J connectivity index is 4.61. The summed E-state index contributed by atoms with van der Waals surface area (Å²) < 4.78 is 2.49. The van der Waals surface area contributed by atoms with Gasteiger partial charge >= 0.3 is 93.5 Å². The van der Waals surface area contributed by atoms with Crippen molar-refractivity contribution in [1.82, 2.24) is 3.61 Å². The van der Waals surface area contributed by atoms with Crippen molar-refractivity contribution < 1.29 is 4.79 Å². The average molecular weight is 254 g/mol. The molecule has 0 spiro atoms. The van der Waals surface area contributed by atoms with Gasteiger partial charge < -0.3 is 0 Å². The molecule has 0 N–H and O–H groups in total. The van der Waals surface area contributed by atoms with E-state index in [1.807, 2.05) is 0 Å². The van der Waals surface area contributed by atoms with Gasteiger partial charge in [0.05, 0.1) is 0 Å². The molecule has 0 fully saturated rings. The van der Waals surface area contributed by atoms with Crippen molar-refractivity contribution in [1.29, 1.82) is 0 Å². The van der Waals surface area contributed by atoms with Gasteiger partial charge in [-0.15, -0.1) is 0 Å². The van der Waals surface area contributed by atoms with Gasteiger partial charge in [0.2, 0.25) is 0 Å². The standard InChI is InChI=1S/C7H13NO.2C2H5.Ga/c1-4-8-6(2)5-7(3)9;2*1-2;/h5H,4H2,1-3H3,(H,8,9);2*1H2,2H3;/q;;;+1/p-1. The van der Waals surface area contributed by atoms with E-state index in [-0.39, 0.29) is 5.78 Å². The van der Waals surface area contributed by atoms with Crippen LogP contribution in [0.2, 0.25) is 9.95 Å². The van der Waals surface area contributed by atoms with Gasteiger partial charge in [0.25, 0.3) is 0 Å². The summed E-state index contributed by atoms with van der Waals surface area (Å²) in [6.45, 7) is 11.5. The maximum absolute atomic E-state index is 11.0. The number of nitrogens with zero attached hydrogens (tertiary/aromatic N) is 1. The molecule has 2 nitrogen and oxygen atoms in total. The summed E-state index contributed by atoms with van der Waals surface area (Å²) in [5.41, 5.74) is 1.17. The van der Waals surface area contributed by atoms with E-state index in [1.54, 1.807) is 13.0 Å². The molecule has 14 heavy (non-hydrogen) atoms. The Kier molecular flexibility index (Phi) is 7.10. The normalized spacial score (nSPS) is 11.4. The molecule has 0 aliphatic heterocycles. The van der Waals surface area contributed by atoms with Crippen molar-refractivity contribution >= 4 is 22.2 Å². The monoisotopic (exact) mass is 253 g/mol. The first kappa shape index (κ1) is 13.8. The third-order valence-corrected chi connectivity index (χ3v) is 10.0. The third kappa shape index (κ3) is 4.38. The SMILES string of the molecule is CC[N](/C(C)=C\C(C)=O)[Ga]([CH2]C)[CH2]C. The summed E-state index contributed by atoms with van der Waals surface area (Å²) in [6.07, 6.45) is 1.77. The molecule has 0 unspecified atom stereocenters. The molecule has 80 valence electrons. The van der Waals surface area contributed by atoms with Crippen LogP contribution in [0.5, 0.6) is 0 Å². The van der Waals surface area contributed by atoms with E-state index in [9.17, 15) is 4.79 Å². The molecule has 3 heteroatoms. The summed E-state index contributed by atoms with van der Waals surface area (Å²) in [6, 6.07) is 0. The summed E-state index contributed by atoms with van der Waals surface area (Å²) in [7, 11) is 0. The van der Waals surface area contributed by atoms with E-state index in [2.05, 4.69) is 31.3 Å². The van der Waals surface area contributed by atoms with Crippen LogP contribution in [-0.4, -0.2) is 32.4 Å². The maximum atomic E-state index is 11.0. The van der Waals surface area contributed by atoms with Gasteiger partial charge in [0.15, 0.2) is 0 Å². The fourth-order valence-corrected chi connectivity index (χ4v) is 7.41. The fourth-order valence-electron chi connectivity index (χ4n) is 1.90. The van der Waals surface area contributed by atoms with Crippen LogP contribution in [-0.2, 0) is 4.79 Å². The molecule has 0 aromatic rings. The van der Waals surface area contributed by atoms with Gasteiger partial charge in [-0.2, -0.15) is 0 Å². The predicted octanol–water partition coefficient (Wildman–Crippen LogP) is 2.83. The van der Waals surface area contributed by atoms with E-state index >= 15 is 0 Å². The minimum absolute atomic E-state index is 0.161. The number of hydrogen-bond acceptors (Lipinski definition) is 2. The zero-order valence-electron chi connectivity index (χ0n) is 10.1. The Hall–Kier alpha value is -0.154. The Labute approximate surface area is 93.7 Å². The van der Waals surface area contributed by atoms with Crippen LogP contribution in [0.1, 0.15) is 34.6 Å². The van der Waals surface area contributed by atoms with E-state index in [0.717, 1.165) is 6.54 Å². The molecule has 0 atom stereocenters. The predicted molar refractivity (Wildman–Crippen MR) is 63.5 cm³/mol. The number of allylic oxidation sites excluding steroid dienone is 2. The first-order valence-electron chi connectivity index (χ1n) is 5.52. The Morgan fingerprint density at radius 1 is 1.21 bits per heavy atom. The molecule has 0 bridgehead atoms. The molecule has 0 saturated heterocycles. The van der Waals surface area contributed by atoms with Gasteiger partial charge in [-0.1, -0.05) is 0 Å². The molecule has 0 heterocycles. The molecule has 0 amide bonds. The van der Waals surface area contributed by atoms with E-state index in [4.69, 9.17) is 0 Å². The van der Waals surface area contributed by atoms with Crippen molar-refractivity contribution in [2.75, 3.05) is 6.54 Å². The molecule has 0 saturated carbocycles. The van der Waals surface area contributed by atoms with Crippen LogP contribution < -0.4 is 0 Å². The Bertz CT molecular complexity index is 209. The van der Waals surface area contributed by atoms with Gasteiger partial charge in [-0.25, -0.2) is 0 Å². The Morgan fingerprint density at radius 3 is 2.00 bits per heavy atom. The van der Waals surface area contributed by atoms with Gasteiger partial charge in [-0.05, 0) is 0 Å². The number of ketones is 1. The summed E-state index contributed by atoms with van der Waals surface area (Å²) in [4.78, 5) is 13.6. The molecular formula is C11H22GaNO. The second kappa shape index (κ2) is 7.18. The molecule has 0 aromatic heterocycles. The fraction of sp³-hybridized carbons (Fsp3) is 0.727. The van der Waals surface area contributed by atoms with Crippen LogP contribution in [0.15, 0.2) is 11.8 Å². The van der Waals surface area contributed by atoms with E-state index < -0.39 is 16.5 Å². The number of hydrogen-bond donors (Lipinski definition) is 0. The molecule has 0 rings (SSSR count).